The monoisotopic (exact) mass is 206 g/mol. The maximum atomic E-state index is 5.19. The van der Waals surface area contributed by atoms with Gasteiger partial charge in [-0.3, -0.25) is 0 Å². The van der Waals surface area contributed by atoms with Crippen LogP contribution in [0.2, 0.25) is 0 Å². The van der Waals surface area contributed by atoms with Crippen molar-refractivity contribution in [3.63, 3.8) is 0 Å². The van der Waals surface area contributed by atoms with Gasteiger partial charge in [-0.1, -0.05) is 0 Å². The molecule has 0 amide bonds. The molecule has 2 radical (unpaired) electrons. The van der Waals surface area contributed by atoms with Crippen molar-refractivity contribution in [1.82, 2.24) is 0 Å². The predicted molar refractivity (Wildman–Crippen MR) is 37.3 cm³/mol. The maximum absolute atomic E-state index is 5.19. The third-order valence-corrected chi connectivity index (χ3v) is 0. The average Bonchev–Trinajstić information content (AvgIpc) is 0.811. The Morgan fingerprint density at radius 3 is 1.40 bits per heavy atom. The van der Waals surface area contributed by atoms with Crippen molar-refractivity contribution in [2.24, 2.45) is 0 Å². The predicted octanol–water partition coefficient (Wildman–Crippen LogP) is -1.37. The molecule has 32 valence electrons. The van der Waals surface area contributed by atoms with Gasteiger partial charge in [0.25, 0.3) is 0 Å². The number of rotatable bonds is 0. The quantitative estimate of drug-likeness (QED) is 0.338. The molecule has 0 nitrogen and oxygen atoms in total. The van der Waals surface area contributed by atoms with Crippen LogP contribution in [0.5, 0.6) is 0 Å². The molecule has 5 heteroatoms. The second kappa shape index (κ2) is 5.56. The van der Waals surface area contributed by atoms with Crippen LogP contribution in [0.1, 0.15) is 0 Å². The first-order chi connectivity index (χ1) is 1.73. The van der Waals surface area contributed by atoms with E-state index >= 15 is 0 Å². The maximum Gasteiger partial charge on any atom is 0.214 e. The summed E-state index contributed by atoms with van der Waals surface area (Å²) in [7, 11) is 1.67. The van der Waals surface area contributed by atoms with Crippen molar-refractivity contribution in [2.45, 2.75) is 0 Å². The van der Waals surface area contributed by atoms with Gasteiger partial charge in [-0.2, -0.15) is 22.2 Å². The van der Waals surface area contributed by atoms with Crippen LogP contribution in [-0.2, 0) is 0 Å². The summed E-state index contributed by atoms with van der Waals surface area (Å²) < 4.78 is 0. The molecule has 0 N–H and O–H groups in total. The van der Waals surface area contributed by atoms with Crippen LogP contribution < -0.4 is 0 Å². The SMILES string of the molecule is [GeH3].[SiH2][SiH](Cl)Cl. The van der Waals surface area contributed by atoms with Gasteiger partial charge in [0.15, 0.2) is 0 Å². The molecule has 0 rings (SSSR count). The van der Waals surface area contributed by atoms with E-state index < -0.39 is 6.93 Å². The number of hydrogen-bond acceptors (Lipinski definition) is 0. The molecule has 0 aromatic heterocycles. The summed E-state index contributed by atoms with van der Waals surface area (Å²) in [5.41, 5.74) is 0. The number of halogens is 2. The van der Waals surface area contributed by atoms with E-state index in [0.717, 1.165) is 0 Å². The van der Waals surface area contributed by atoms with Crippen LogP contribution in [0.25, 0.3) is 0 Å². The van der Waals surface area contributed by atoms with Gasteiger partial charge < -0.3 is 0 Å². The topological polar surface area (TPSA) is 0 Å². The van der Waals surface area contributed by atoms with E-state index in [4.69, 9.17) is 22.2 Å². The summed E-state index contributed by atoms with van der Waals surface area (Å²) in [5.74, 6) is 0. The standard InChI is InChI=1S/Cl2H3Si2.GeH3/c1-4(2)3;/h4H,3H2;1H3. The second-order valence-corrected chi connectivity index (χ2v) is 10.6. The molecule has 0 bridgehead atoms. The van der Waals surface area contributed by atoms with Crippen molar-refractivity contribution in [2.75, 3.05) is 0 Å². The van der Waals surface area contributed by atoms with Crippen molar-refractivity contribution in [3.8, 4) is 0 Å². The minimum atomic E-state index is -1.17. The Bertz CT molecular complexity index is 12.4. The Morgan fingerprint density at radius 2 is 1.40 bits per heavy atom. The molecule has 5 heavy (non-hydrogen) atoms. The van der Waals surface area contributed by atoms with Gasteiger partial charge in [-0.05, 0) is 0 Å². The van der Waals surface area contributed by atoms with Crippen LogP contribution in [0.15, 0.2) is 0 Å². The third kappa shape index (κ3) is 29.0. The zero-order valence-corrected chi connectivity index (χ0v) is 11.3. The summed E-state index contributed by atoms with van der Waals surface area (Å²) in [6.07, 6.45) is 0. The Kier molecular flexibility index (Phi) is 10.8. The van der Waals surface area contributed by atoms with Gasteiger partial charge in [0.05, 0.1) is 0 Å². The summed E-state index contributed by atoms with van der Waals surface area (Å²) in [6.45, 7) is -1.17. The summed E-state index contributed by atoms with van der Waals surface area (Å²) >= 11 is 10.4. The fourth-order valence-electron chi connectivity index (χ4n) is 0. The molecule has 0 saturated carbocycles. The first kappa shape index (κ1) is 9.75. The fourth-order valence-corrected chi connectivity index (χ4v) is 0. The van der Waals surface area contributed by atoms with Crippen molar-refractivity contribution in [1.29, 1.82) is 0 Å². The van der Waals surface area contributed by atoms with Crippen LogP contribution in [0, 0.1) is 0 Å². The summed E-state index contributed by atoms with van der Waals surface area (Å²) in [6, 6.07) is 0. The average molecular weight is 206 g/mol. The van der Waals surface area contributed by atoms with E-state index in [1.54, 1.807) is 9.76 Å². The minimum Gasteiger partial charge on any atom is -0.155 e. The van der Waals surface area contributed by atoms with Crippen LogP contribution in [-0.4, -0.2) is 34.3 Å². The van der Waals surface area contributed by atoms with Gasteiger partial charge in [0.2, 0.25) is 6.93 Å². The van der Waals surface area contributed by atoms with Crippen molar-refractivity contribution < 1.29 is 0 Å². The van der Waals surface area contributed by atoms with E-state index in [2.05, 4.69) is 0 Å². The van der Waals surface area contributed by atoms with Gasteiger partial charge in [0.1, 0.15) is 0 Å². The Labute approximate surface area is 56.4 Å². The van der Waals surface area contributed by atoms with Crippen LogP contribution in [0.3, 0.4) is 0 Å². The first-order valence-electron chi connectivity index (χ1n) is 0.845. The molecule has 0 heterocycles. The zero-order chi connectivity index (χ0) is 3.58. The van der Waals surface area contributed by atoms with Crippen LogP contribution in [0.4, 0.5) is 0 Å². The molecular formula is H6Cl2GeSi2. The molecule has 0 fully saturated rings. The minimum absolute atomic E-state index is 0. The molecule has 0 aromatic carbocycles. The number of hydrogen-bond donors (Lipinski definition) is 0. The Balaban J connectivity index is 0. The Hall–Kier alpha value is 1.56. The normalized spacial score (nSPS) is 7.20. The van der Waals surface area contributed by atoms with Gasteiger partial charge in [-0.15, -0.1) is 0 Å². The van der Waals surface area contributed by atoms with Crippen molar-refractivity contribution in [3.05, 3.63) is 0 Å². The van der Waals surface area contributed by atoms with E-state index in [9.17, 15) is 0 Å². The third-order valence-electron chi connectivity index (χ3n) is 0. The summed E-state index contributed by atoms with van der Waals surface area (Å²) in [5, 5.41) is 0. The van der Waals surface area contributed by atoms with E-state index in [1.807, 2.05) is 0 Å². The van der Waals surface area contributed by atoms with Gasteiger partial charge >= 0.3 is 17.6 Å². The Morgan fingerprint density at radius 1 is 1.40 bits per heavy atom. The molecule has 0 aromatic rings. The van der Waals surface area contributed by atoms with E-state index in [1.165, 1.54) is 0 Å². The fraction of sp³-hybridized carbons (Fsp3) is 0. The second-order valence-electron chi connectivity index (χ2n) is 0.391. The van der Waals surface area contributed by atoms with Crippen LogP contribution >= 0.6 is 22.2 Å². The van der Waals surface area contributed by atoms with E-state index in [0.29, 0.717) is 0 Å². The van der Waals surface area contributed by atoms with Gasteiger partial charge in [-0.25, -0.2) is 0 Å². The molecule has 0 unspecified atom stereocenters. The molecule has 0 atom stereocenters. The largest absolute Gasteiger partial charge is 0.214 e. The van der Waals surface area contributed by atoms with E-state index in [-0.39, 0.29) is 17.6 Å². The molecule has 0 spiro atoms. The van der Waals surface area contributed by atoms with Gasteiger partial charge in [0, 0.05) is 9.76 Å². The smallest absolute Gasteiger partial charge is 0.155 e. The molecule has 0 aliphatic heterocycles. The molecule has 0 saturated heterocycles. The molecule has 0 aliphatic rings. The summed E-state index contributed by atoms with van der Waals surface area (Å²) in [4.78, 5) is 0. The zero-order valence-electron chi connectivity index (χ0n) is 3.04. The molecule has 0 aliphatic carbocycles. The van der Waals surface area contributed by atoms with Crippen molar-refractivity contribution >= 4 is 56.4 Å². The first-order valence-corrected chi connectivity index (χ1v) is 7.60. The molecular weight excluding hydrogens is 200 g/mol.